The Morgan fingerprint density at radius 2 is 2.05 bits per heavy atom. The van der Waals surface area contributed by atoms with Crippen molar-refractivity contribution in [2.75, 3.05) is 31.1 Å². The van der Waals surface area contributed by atoms with Gasteiger partial charge in [-0.05, 0) is 25.3 Å². The lowest BCUT2D eigenvalue weighted by molar-refractivity contribution is 0.144. The molecule has 0 bridgehead atoms. The molecule has 6 nitrogen and oxygen atoms in total. The summed E-state index contributed by atoms with van der Waals surface area (Å²) in [6.45, 7) is 7.77. The minimum absolute atomic E-state index is 0.151. The molecule has 21 heavy (non-hydrogen) atoms. The van der Waals surface area contributed by atoms with Crippen molar-refractivity contribution >= 4 is 5.69 Å². The predicted octanol–water partition coefficient (Wildman–Crippen LogP) is 0.450. The lowest BCUT2D eigenvalue weighted by Crippen LogP contribution is -2.36. The molecule has 1 aromatic rings. The Bertz CT molecular complexity index is 495. The third-order valence-electron chi connectivity index (χ3n) is 3.64. The van der Waals surface area contributed by atoms with E-state index in [1.54, 1.807) is 12.3 Å². The van der Waals surface area contributed by atoms with Gasteiger partial charge < -0.3 is 15.3 Å². The Kier molecular flexibility index (Phi) is 5.76. The number of aliphatic hydroxyl groups is 1. The lowest BCUT2D eigenvalue weighted by atomic mass is 10.2. The molecule has 1 aliphatic rings. The van der Waals surface area contributed by atoms with Crippen molar-refractivity contribution < 1.29 is 5.11 Å². The van der Waals surface area contributed by atoms with Gasteiger partial charge in [0.2, 0.25) is 0 Å². The quantitative estimate of drug-likeness (QED) is 0.764. The molecule has 1 fully saturated rings. The molecule has 2 rings (SSSR count). The molecule has 0 spiro atoms. The Morgan fingerprint density at radius 3 is 2.67 bits per heavy atom. The molecule has 0 amide bonds. The summed E-state index contributed by atoms with van der Waals surface area (Å²) in [6.07, 6.45) is 3.46. The van der Waals surface area contributed by atoms with Crippen molar-refractivity contribution in [3.8, 4) is 0 Å². The first kappa shape index (κ1) is 16.0. The second kappa shape index (κ2) is 7.56. The third-order valence-corrected chi connectivity index (χ3v) is 3.64. The standard InChI is InChI=1S/C15H26N4O2/c1-12(2)8-16-10-14(20)11-19-15(21)7-13(9-17-19)18-5-3-4-6-18/h7,9,12,14,16,20H,3-6,8,10-11H2,1-2H3. The molecule has 1 aromatic heterocycles. The van der Waals surface area contributed by atoms with E-state index >= 15 is 0 Å². The normalized spacial score (nSPS) is 16.7. The van der Waals surface area contributed by atoms with Crippen molar-refractivity contribution in [2.24, 2.45) is 5.92 Å². The number of hydrogen-bond acceptors (Lipinski definition) is 5. The highest BCUT2D eigenvalue weighted by molar-refractivity contribution is 5.43. The van der Waals surface area contributed by atoms with E-state index < -0.39 is 6.10 Å². The predicted molar refractivity (Wildman–Crippen MR) is 83.7 cm³/mol. The molecule has 1 aliphatic heterocycles. The van der Waals surface area contributed by atoms with Gasteiger partial charge in [-0.1, -0.05) is 13.8 Å². The fraction of sp³-hybridized carbons (Fsp3) is 0.733. The molecule has 2 N–H and O–H groups in total. The summed E-state index contributed by atoms with van der Waals surface area (Å²) >= 11 is 0. The molecule has 0 aliphatic carbocycles. The highest BCUT2D eigenvalue weighted by Crippen LogP contribution is 2.16. The van der Waals surface area contributed by atoms with E-state index in [1.165, 1.54) is 17.5 Å². The number of nitrogens with zero attached hydrogens (tertiary/aromatic N) is 3. The van der Waals surface area contributed by atoms with Crippen LogP contribution in [0.1, 0.15) is 26.7 Å². The molecule has 0 radical (unpaired) electrons. The second-order valence-electron chi connectivity index (χ2n) is 6.13. The van der Waals surface area contributed by atoms with Crippen LogP contribution in [0.2, 0.25) is 0 Å². The second-order valence-corrected chi connectivity index (χ2v) is 6.13. The first-order chi connectivity index (χ1) is 10.1. The van der Waals surface area contributed by atoms with Crippen molar-refractivity contribution in [2.45, 2.75) is 39.3 Å². The molecule has 0 aromatic carbocycles. The van der Waals surface area contributed by atoms with Gasteiger partial charge in [-0.25, -0.2) is 4.68 Å². The summed E-state index contributed by atoms with van der Waals surface area (Å²) in [5, 5.41) is 17.3. The van der Waals surface area contributed by atoms with Crippen molar-refractivity contribution in [3.05, 3.63) is 22.6 Å². The zero-order chi connectivity index (χ0) is 15.2. The Labute approximate surface area is 125 Å². The fourth-order valence-electron chi connectivity index (χ4n) is 2.51. The smallest absolute Gasteiger partial charge is 0.268 e. The van der Waals surface area contributed by atoms with Crippen molar-refractivity contribution in [3.63, 3.8) is 0 Å². The largest absolute Gasteiger partial charge is 0.390 e. The molecule has 1 saturated heterocycles. The van der Waals surface area contributed by atoms with Crippen LogP contribution in [0.3, 0.4) is 0 Å². The first-order valence-corrected chi connectivity index (χ1v) is 7.77. The van der Waals surface area contributed by atoms with Gasteiger partial charge in [-0.2, -0.15) is 5.10 Å². The van der Waals surface area contributed by atoms with E-state index in [1.807, 2.05) is 0 Å². The molecular weight excluding hydrogens is 268 g/mol. The van der Waals surface area contributed by atoms with Crippen molar-refractivity contribution in [1.82, 2.24) is 15.1 Å². The summed E-state index contributed by atoms with van der Waals surface area (Å²) in [6, 6.07) is 1.62. The average Bonchev–Trinajstić information content (AvgIpc) is 2.94. The van der Waals surface area contributed by atoms with Crippen molar-refractivity contribution in [1.29, 1.82) is 0 Å². The Balaban J connectivity index is 1.89. The van der Waals surface area contributed by atoms with Gasteiger partial charge in [0.15, 0.2) is 0 Å². The maximum absolute atomic E-state index is 12.1. The zero-order valence-corrected chi connectivity index (χ0v) is 13.0. The first-order valence-electron chi connectivity index (χ1n) is 7.77. The van der Waals surface area contributed by atoms with Crippen LogP contribution in [-0.2, 0) is 6.54 Å². The molecule has 6 heteroatoms. The number of rotatable bonds is 7. The van der Waals surface area contributed by atoms with Gasteiger partial charge in [-0.3, -0.25) is 4.79 Å². The molecule has 118 valence electrons. The summed E-state index contributed by atoms with van der Waals surface area (Å²) in [5.74, 6) is 0.540. The van der Waals surface area contributed by atoms with Gasteiger partial charge in [0, 0.05) is 25.7 Å². The highest BCUT2D eigenvalue weighted by atomic mass is 16.3. The van der Waals surface area contributed by atoms with Crippen LogP contribution < -0.4 is 15.8 Å². The van der Waals surface area contributed by atoms with Gasteiger partial charge in [0.1, 0.15) is 0 Å². The SMILES string of the molecule is CC(C)CNCC(O)Cn1ncc(N2CCCC2)cc1=O. The maximum atomic E-state index is 12.1. The highest BCUT2D eigenvalue weighted by Gasteiger charge is 2.14. The van der Waals surface area contributed by atoms with Crippen LogP contribution in [0.15, 0.2) is 17.1 Å². The maximum Gasteiger partial charge on any atom is 0.268 e. The van der Waals surface area contributed by atoms with E-state index in [9.17, 15) is 9.90 Å². The number of anilines is 1. The topological polar surface area (TPSA) is 70.4 Å². The summed E-state index contributed by atoms with van der Waals surface area (Å²) in [5.41, 5.74) is 0.739. The Morgan fingerprint density at radius 1 is 1.33 bits per heavy atom. The van der Waals surface area contributed by atoms with E-state index in [0.717, 1.165) is 25.3 Å². The van der Waals surface area contributed by atoms with E-state index in [-0.39, 0.29) is 12.1 Å². The van der Waals surface area contributed by atoms with Crippen LogP contribution in [-0.4, -0.2) is 47.2 Å². The monoisotopic (exact) mass is 294 g/mol. The minimum atomic E-state index is -0.605. The van der Waals surface area contributed by atoms with E-state index in [0.29, 0.717) is 12.5 Å². The number of aromatic nitrogens is 2. The van der Waals surface area contributed by atoms with Gasteiger partial charge in [-0.15, -0.1) is 0 Å². The van der Waals surface area contributed by atoms with Gasteiger partial charge >= 0.3 is 0 Å². The molecular formula is C15H26N4O2. The number of nitrogens with one attached hydrogen (secondary N) is 1. The van der Waals surface area contributed by atoms with Crippen LogP contribution in [0.4, 0.5) is 5.69 Å². The molecule has 1 atom stereocenters. The molecule has 1 unspecified atom stereocenters. The van der Waals surface area contributed by atoms with E-state index in [2.05, 4.69) is 29.2 Å². The van der Waals surface area contributed by atoms with Crippen LogP contribution in [0.5, 0.6) is 0 Å². The third kappa shape index (κ3) is 4.82. The van der Waals surface area contributed by atoms with Gasteiger partial charge in [0.05, 0.1) is 24.5 Å². The number of aliphatic hydroxyl groups excluding tert-OH is 1. The average molecular weight is 294 g/mol. The van der Waals surface area contributed by atoms with Crippen LogP contribution >= 0.6 is 0 Å². The van der Waals surface area contributed by atoms with E-state index in [4.69, 9.17) is 0 Å². The lowest BCUT2D eigenvalue weighted by Gasteiger charge is -2.18. The summed E-state index contributed by atoms with van der Waals surface area (Å²) in [4.78, 5) is 14.2. The molecule has 2 heterocycles. The zero-order valence-electron chi connectivity index (χ0n) is 13.0. The fourth-order valence-corrected chi connectivity index (χ4v) is 2.51. The minimum Gasteiger partial charge on any atom is -0.390 e. The van der Waals surface area contributed by atoms with Gasteiger partial charge in [0.25, 0.3) is 5.56 Å². The number of hydrogen-bond donors (Lipinski definition) is 2. The van der Waals surface area contributed by atoms with Crippen LogP contribution in [0, 0.1) is 5.92 Å². The van der Waals surface area contributed by atoms with Crippen LogP contribution in [0.25, 0.3) is 0 Å². The summed E-state index contributed by atoms with van der Waals surface area (Å²) < 4.78 is 1.33. The summed E-state index contributed by atoms with van der Waals surface area (Å²) in [7, 11) is 0. The molecule has 0 saturated carbocycles. The Hall–Kier alpha value is -1.40.